The number of nitrogens with zero attached hydrogens (tertiary/aromatic N) is 3. The fourth-order valence-electron chi connectivity index (χ4n) is 3.42. The number of ether oxygens (including phenoxy) is 2. The molecule has 2 atom stereocenters. The van der Waals surface area contributed by atoms with Crippen LogP contribution in [-0.2, 0) is 9.53 Å². The van der Waals surface area contributed by atoms with Crippen molar-refractivity contribution < 1.29 is 33.9 Å². The van der Waals surface area contributed by atoms with Crippen LogP contribution < -0.4 is 4.74 Å². The second-order valence-corrected chi connectivity index (χ2v) is 6.55. The van der Waals surface area contributed by atoms with Gasteiger partial charge in [0.05, 0.1) is 17.9 Å². The summed E-state index contributed by atoms with van der Waals surface area (Å²) in [6.45, 7) is 0.445. The van der Waals surface area contributed by atoms with Crippen LogP contribution in [0.3, 0.4) is 0 Å². The minimum absolute atomic E-state index is 0.0562. The molecule has 0 spiro atoms. The highest BCUT2D eigenvalue weighted by molar-refractivity contribution is 5.80. The Labute approximate surface area is 159 Å². The van der Waals surface area contributed by atoms with Gasteiger partial charge in [-0.15, -0.1) is 0 Å². The third-order valence-electron chi connectivity index (χ3n) is 4.71. The molecule has 1 unspecified atom stereocenters. The number of nitro groups is 1. The Hall–Kier alpha value is -3.37. The van der Waals surface area contributed by atoms with Crippen LogP contribution in [0.1, 0.15) is 25.7 Å². The first-order valence-corrected chi connectivity index (χ1v) is 8.77. The lowest BCUT2D eigenvalue weighted by atomic mass is 10.1. The maximum absolute atomic E-state index is 12.3. The Balaban J connectivity index is 1.56. The molecule has 3 rings (SSSR count). The molecular formula is C17H19N3O8. The lowest BCUT2D eigenvalue weighted by Crippen LogP contribution is -2.53. The molecule has 28 heavy (non-hydrogen) atoms. The minimum atomic E-state index is -1.08. The molecule has 2 saturated heterocycles. The van der Waals surface area contributed by atoms with E-state index in [9.17, 15) is 29.6 Å². The van der Waals surface area contributed by atoms with E-state index in [0.717, 1.165) is 12.8 Å². The number of piperidine rings is 1. The van der Waals surface area contributed by atoms with Crippen molar-refractivity contribution in [1.29, 1.82) is 0 Å². The van der Waals surface area contributed by atoms with Gasteiger partial charge in [-0.3, -0.25) is 19.8 Å². The Morgan fingerprint density at radius 1 is 1.21 bits per heavy atom. The van der Waals surface area contributed by atoms with Gasteiger partial charge in [-0.05, 0) is 31.4 Å². The molecule has 0 aliphatic carbocycles. The molecule has 2 amide bonds. The van der Waals surface area contributed by atoms with Crippen molar-refractivity contribution in [3.63, 3.8) is 0 Å². The maximum atomic E-state index is 12.3. The topological polar surface area (TPSA) is 140 Å². The molecule has 1 aromatic rings. The zero-order valence-corrected chi connectivity index (χ0v) is 14.9. The molecule has 2 aliphatic heterocycles. The van der Waals surface area contributed by atoms with Crippen molar-refractivity contribution in [2.24, 2.45) is 0 Å². The summed E-state index contributed by atoms with van der Waals surface area (Å²) in [6, 6.07) is 4.90. The molecule has 2 fully saturated rings. The summed E-state index contributed by atoms with van der Waals surface area (Å²) < 4.78 is 10.1. The van der Waals surface area contributed by atoms with Crippen molar-refractivity contribution in [3.05, 3.63) is 34.4 Å². The highest BCUT2D eigenvalue weighted by Crippen LogP contribution is 2.26. The van der Waals surface area contributed by atoms with Gasteiger partial charge >= 0.3 is 12.2 Å². The highest BCUT2D eigenvalue weighted by atomic mass is 16.7. The van der Waals surface area contributed by atoms with Crippen LogP contribution in [0, 0.1) is 10.1 Å². The number of benzene rings is 1. The van der Waals surface area contributed by atoms with Gasteiger partial charge in [0.15, 0.2) is 0 Å². The number of carbonyl (C=O) groups excluding carboxylic acids is 2. The molecule has 0 bridgehead atoms. The molecule has 0 aromatic heterocycles. The van der Waals surface area contributed by atoms with E-state index in [1.807, 2.05) is 0 Å². The fraction of sp³-hybridized carbons (Fsp3) is 0.471. The molecular weight excluding hydrogens is 374 g/mol. The summed E-state index contributed by atoms with van der Waals surface area (Å²) in [5, 5.41) is 19.9. The fourth-order valence-corrected chi connectivity index (χ4v) is 3.42. The third kappa shape index (κ3) is 4.30. The SMILES string of the molecule is O=C(Oc1ccc([N+](=O)[O-])cc1)O[C@H]1CC(=O)N(C2CCCCN2C(=O)O)C1. The molecule has 0 radical (unpaired) electrons. The van der Waals surface area contributed by atoms with Gasteiger partial charge < -0.3 is 19.5 Å². The lowest BCUT2D eigenvalue weighted by molar-refractivity contribution is -0.384. The van der Waals surface area contributed by atoms with Crippen LogP contribution in [-0.4, -0.2) is 63.3 Å². The van der Waals surface area contributed by atoms with Crippen molar-refractivity contribution in [2.45, 2.75) is 38.0 Å². The summed E-state index contributed by atoms with van der Waals surface area (Å²) in [7, 11) is 0. The molecule has 2 aliphatic rings. The van der Waals surface area contributed by atoms with Crippen LogP contribution in [0.25, 0.3) is 0 Å². The minimum Gasteiger partial charge on any atom is -0.465 e. The number of likely N-dealkylation sites (tertiary alicyclic amines) is 2. The number of rotatable bonds is 4. The molecule has 150 valence electrons. The largest absolute Gasteiger partial charge is 0.514 e. The average molecular weight is 393 g/mol. The van der Waals surface area contributed by atoms with E-state index in [1.54, 1.807) is 0 Å². The summed E-state index contributed by atoms with van der Waals surface area (Å²) in [6.07, 6.45) is -1.39. The van der Waals surface area contributed by atoms with Gasteiger partial charge in [0.1, 0.15) is 18.0 Å². The van der Waals surface area contributed by atoms with Gasteiger partial charge in [0.2, 0.25) is 5.91 Å². The van der Waals surface area contributed by atoms with Crippen molar-refractivity contribution in [2.75, 3.05) is 13.1 Å². The van der Waals surface area contributed by atoms with E-state index in [2.05, 4.69) is 0 Å². The molecule has 1 aromatic carbocycles. The van der Waals surface area contributed by atoms with E-state index in [-0.39, 0.29) is 30.3 Å². The molecule has 0 saturated carbocycles. The van der Waals surface area contributed by atoms with Crippen molar-refractivity contribution in [3.8, 4) is 5.75 Å². The van der Waals surface area contributed by atoms with E-state index in [4.69, 9.17) is 9.47 Å². The average Bonchev–Trinajstić information content (AvgIpc) is 3.01. The van der Waals surface area contributed by atoms with Crippen LogP contribution >= 0.6 is 0 Å². The number of nitro benzene ring substituents is 1. The van der Waals surface area contributed by atoms with E-state index >= 15 is 0 Å². The normalized spacial score (nSPS) is 22.1. The zero-order valence-electron chi connectivity index (χ0n) is 14.9. The van der Waals surface area contributed by atoms with Crippen LogP contribution in [0.4, 0.5) is 15.3 Å². The van der Waals surface area contributed by atoms with Crippen LogP contribution in [0.2, 0.25) is 0 Å². The number of non-ortho nitro benzene ring substituents is 1. The summed E-state index contributed by atoms with van der Waals surface area (Å²) in [5.74, 6) is -0.215. The van der Waals surface area contributed by atoms with Crippen LogP contribution in [0.15, 0.2) is 24.3 Å². The predicted molar refractivity (Wildman–Crippen MR) is 92.7 cm³/mol. The summed E-state index contributed by atoms with van der Waals surface area (Å²) in [4.78, 5) is 48.3. The molecule has 11 nitrogen and oxygen atoms in total. The first-order chi connectivity index (χ1) is 13.3. The van der Waals surface area contributed by atoms with Crippen molar-refractivity contribution >= 4 is 23.8 Å². The molecule has 2 heterocycles. The maximum Gasteiger partial charge on any atom is 0.514 e. The van der Waals surface area contributed by atoms with Gasteiger partial charge in [-0.2, -0.15) is 0 Å². The zero-order chi connectivity index (χ0) is 20.3. The molecule has 1 N–H and O–H groups in total. The number of carboxylic acid groups (broad SMARTS) is 1. The summed E-state index contributed by atoms with van der Waals surface area (Å²) in [5.41, 5.74) is -0.145. The molecule has 11 heteroatoms. The standard InChI is InChI=1S/C17H19N3O8/c21-15-9-13(10-19(15)14-3-1-2-8-18(14)16(22)23)28-17(24)27-12-6-4-11(5-7-12)20(25)26/h4-7,13-14H,1-3,8-10H2,(H,22,23)/t13-,14?/m0/s1. The Bertz CT molecular complexity index is 781. The van der Waals surface area contributed by atoms with Gasteiger partial charge in [-0.25, -0.2) is 9.59 Å². The van der Waals surface area contributed by atoms with Gasteiger partial charge in [0.25, 0.3) is 5.69 Å². The second kappa shape index (κ2) is 8.11. The Kier molecular flexibility index (Phi) is 5.62. The lowest BCUT2D eigenvalue weighted by Gasteiger charge is -2.39. The third-order valence-corrected chi connectivity index (χ3v) is 4.71. The highest BCUT2D eigenvalue weighted by Gasteiger charge is 2.41. The predicted octanol–water partition coefficient (Wildman–Crippen LogP) is 2.20. The second-order valence-electron chi connectivity index (χ2n) is 6.55. The van der Waals surface area contributed by atoms with Gasteiger partial charge in [-0.1, -0.05) is 0 Å². The van der Waals surface area contributed by atoms with Crippen molar-refractivity contribution in [1.82, 2.24) is 9.80 Å². The number of hydrogen-bond donors (Lipinski definition) is 1. The van der Waals surface area contributed by atoms with E-state index in [1.165, 1.54) is 34.1 Å². The van der Waals surface area contributed by atoms with E-state index in [0.29, 0.717) is 13.0 Å². The first-order valence-electron chi connectivity index (χ1n) is 8.77. The monoisotopic (exact) mass is 393 g/mol. The van der Waals surface area contributed by atoms with Crippen LogP contribution in [0.5, 0.6) is 5.75 Å². The first kappa shape index (κ1) is 19.4. The quantitative estimate of drug-likeness (QED) is 0.355. The number of amides is 2. The van der Waals surface area contributed by atoms with Gasteiger partial charge in [0, 0.05) is 18.7 Å². The number of hydrogen-bond acceptors (Lipinski definition) is 7. The Morgan fingerprint density at radius 2 is 1.93 bits per heavy atom. The summed E-state index contributed by atoms with van der Waals surface area (Å²) >= 11 is 0. The Morgan fingerprint density at radius 3 is 2.57 bits per heavy atom. The van der Waals surface area contributed by atoms with E-state index < -0.39 is 29.4 Å². The smallest absolute Gasteiger partial charge is 0.465 e. The number of carbonyl (C=O) groups is 3.